The Labute approximate surface area is 95.8 Å². The summed E-state index contributed by atoms with van der Waals surface area (Å²) in [6.45, 7) is 0.453. The topological polar surface area (TPSA) is 63.7 Å². The number of sulfonamides is 1. The standard InChI is InChI=1S/C10H17NO4S/c1-15-10(12)9-3-2-6-11(9)16(13,14)7-8-4-5-8/h8-9H,2-7H2,1H3. The van der Waals surface area contributed by atoms with Crippen LogP contribution in [0.2, 0.25) is 0 Å². The third-order valence-electron chi connectivity index (χ3n) is 3.18. The Hall–Kier alpha value is -0.620. The van der Waals surface area contributed by atoms with Crippen molar-refractivity contribution in [1.82, 2.24) is 4.31 Å². The molecule has 1 heterocycles. The quantitative estimate of drug-likeness (QED) is 0.673. The lowest BCUT2D eigenvalue weighted by molar-refractivity contribution is -0.144. The minimum atomic E-state index is -3.27. The number of carbonyl (C=O) groups is 1. The maximum atomic E-state index is 12.0. The molecule has 6 heteroatoms. The normalized spacial score (nSPS) is 26.9. The number of methoxy groups -OCH3 is 1. The van der Waals surface area contributed by atoms with E-state index in [0.717, 1.165) is 19.3 Å². The first-order chi connectivity index (χ1) is 7.54. The largest absolute Gasteiger partial charge is 0.468 e. The van der Waals surface area contributed by atoms with Crippen LogP contribution in [0.3, 0.4) is 0 Å². The SMILES string of the molecule is COC(=O)C1CCCN1S(=O)(=O)CC1CC1. The number of hydrogen-bond acceptors (Lipinski definition) is 4. The van der Waals surface area contributed by atoms with Crippen LogP contribution in [0.5, 0.6) is 0 Å². The molecule has 1 aliphatic heterocycles. The number of ether oxygens (including phenoxy) is 1. The van der Waals surface area contributed by atoms with Gasteiger partial charge in [0.2, 0.25) is 10.0 Å². The molecule has 1 saturated heterocycles. The van der Waals surface area contributed by atoms with Crippen LogP contribution in [0.25, 0.3) is 0 Å². The first-order valence-electron chi connectivity index (χ1n) is 5.62. The number of carbonyl (C=O) groups excluding carboxylic acids is 1. The summed E-state index contributed by atoms with van der Waals surface area (Å²) in [5.41, 5.74) is 0. The first kappa shape index (κ1) is 11.9. The van der Waals surface area contributed by atoms with Gasteiger partial charge in [-0.1, -0.05) is 0 Å². The van der Waals surface area contributed by atoms with Gasteiger partial charge >= 0.3 is 5.97 Å². The van der Waals surface area contributed by atoms with Crippen molar-refractivity contribution in [2.75, 3.05) is 19.4 Å². The summed E-state index contributed by atoms with van der Waals surface area (Å²) >= 11 is 0. The van der Waals surface area contributed by atoms with E-state index in [1.165, 1.54) is 11.4 Å². The highest BCUT2D eigenvalue weighted by Gasteiger charge is 2.41. The van der Waals surface area contributed by atoms with Gasteiger partial charge in [-0.25, -0.2) is 8.42 Å². The molecule has 1 saturated carbocycles. The van der Waals surface area contributed by atoms with Crippen LogP contribution in [0.15, 0.2) is 0 Å². The Bertz CT molecular complexity index is 374. The molecule has 16 heavy (non-hydrogen) atoms. The lowest BCUT2D eigenvalue weighted by atomic mass is 10.2. The number of esters is 1. The molecule has 0 amide bonds. The van der Waals surface area contributed by atoms with E-state index in [2.05, 4.69) is 4.74 Å². The second-order valence-corrected chi connectivity index (χ2v) is 6.48. The van der Waals surface area contributed by atoms with Gasteiger partial charge in [0, 0.05) is 6.54 Å². The molecular weight excluding hydrogens is 230 g/mol. The van der Waals surface area contributed by atoms with Gasteiger partial charge < -0.3 is 4.74 Å². The molecule has 0 aromatic rings. The van der Waals surface area contributed by atoms with E-state index >= 15 is 0 Å². The molecule has 0 radical (unpaired) electrons. The van der Waals surface area contributed by atoms with Crippen molar-refractivity contribution in [2.24, 2.45) is 5.92 Å². The smallest absolute Gasteiger partial charge is 0.324 e. The molecule has 1 unspecified atom stereocenters. The average molecular weight is 247 g/mol. The molecule has 2 aliphatic rings. The predicted octanol–water partition coefficient (Wildman–Crippen LogP) is 0.364. The molecule has 5 nitrogen and oxygen atoms in total. The predicted molar refractivity (Wildman–Crippen MR) is 58.3 cm³/mol. The highest BCUT2D eigenvalue weighted by Crippen LogP contribution is 2.33. The van der Waals surface area contributed by atoms with E-state index in [-0.39, 0.29) is 5.75 Å². The fourth-order valence-corrected chi connectivity index (χ4v) is 4.23. The van der Waals surface area contributed by atoms with Crippen molar-refractivity contribution in [3.05, 3.63) is 0 Å². The molecule has 0 spiro atoms. The summed E-state index contributed by atoms with van der Waals surface area (Å²) < 4.78 is 30.0. The zero-order valence-electron chi connectivity index (χ0n) is 9.39. The van der Waals surface area contributed by atoms with Gasteiger partial charge in [-0.2, -0.15) is 4.31 Å². The second-order valence-electron chi connectivity index (χ2n) is 4.51. The Morgan fingerprint density at radius 2 is 2.06 bits per heavy atom. The van der Waals surface area contributed by atoms with Crippen LogP contribution in [0.1, 0.15) is 25.7 Å². The van der Waals surface area contributed by atoms with Crippen molar-refractivity contribution < 1.29 is 17.9 Å². The molecule has 1 atom stereocenters. The van der Waals surface area contributed by atoms with Crippen molar-refractivity contribution >= 4 is 16.0 Å². The Morgan fingerprint density at radius 1 is 1.38 bits per heavy atom. The van der Waals surface area contributed by atoms with E-state index in [4.69, 9.17) is 0 Å². The third kappa shape index (κ3) is 2.38. The highest BCUT2D eigenvalue weighted by molar-refractivity contribution is 7.89. The fourth-order valence-electron chi connectivity index (χ4n) is 2.12. The van der Waals surface area contributed by atoms with Crippen LogP contribution < -0.4 is 0 Å². The van der Waals surface area contributed by atoms with Gasteiger partial charge in [0.25, 0.3) is 0 Å². The molecular formula is C10H17NO4S. The molecule has 2 fully saturated rings. The minimum Gasteiger partial charge on any atom is -0.468 e. The van der Waals surface area contributed by atoms with E-state index in [9.17, 15) is 13.2 Å². The molecule has 1 aliphatic carbocycles. The number of nitrogens with zero attached hydrogens (tertiary/aromatic N) is 1. The van der Waals surface area contributed by atoms with Gasteiger partial charge in [0.15, 0.2) is 0 Å². The summed E-state index contributed by atoms with van der Waals surface area (Å²) in [5, 5.41) is 0. The lowest BCUT2D eigenvalue weighted by Gasteiger charge is -2.21. The summed E-state index contributed by atoms with van der Waals surface area (Å²) in [6.07, 6.45) is 3.31. The Morgan fingerprint density at radius 3 is 2.62 bits per heavy atom. The maximum absolute atomic E-state index is 12.0. The van der Waals surface area contributed by atoms with Crippen LogP contribution in [0, 0.1) is 5.92 Å². The van der Waals surface area contributed by atoms with Crippen molar-refractivity contribution in [3.63, 3.8) is 0 Å². The number of hydrogen-bond donors (Lipinski definition) is 0. The van der Waals surface area contributed by atoms with Gasteiger partial charge in [0.05, 0.1) is 12.9 Å². The van der Waals surface area contributed by atoms with Crippen LogP contribution >= 0.6 is 0 Å². The maximum Gasteiger partial charge on any atom is 0.324 e. The zero-order valence-corrected chi connectivity index (χ0v) is 10.2. The minimum absolute atomic E-state index is 0.195. The van der Waals surface area contributed by atoms with Crippen molar-refractivity contribution in [2.45, 2.75) is 31.7 Å². The van der Waals surface area contributed by atoms with Crippen LogP contribution in [-0.4, -0.2) is 44.1 Å². The molecule has 0 aromatic heterocycles. The van der Waals surface area contributed by atoms with E-state index < -0.39 is 22.0 Å². The third-order valence-corrected chi connectivity index (χ3v) is 5.22. The van der Waals surface area contributed by atoms with Gasteiger partial charge in [-0.05, 0) is 31.6 Å². The summed E-state index contributed by atoms with van der Waals surface area (Å²) in [4.78, 5) is 11.4. The van der Waals surface area contributed by atoms with Gasteiger partial charge in [-0.3, -0.25) is 4.79 Å². The Kier molecular flexibility index (Phi) is 3.21. The monoisotopic (exact) mass is 247 g/mol. The van der Waals surface area contributed by atoms with Crippen molar-refractivity contribution in [3.8, 4) is 0 Å². The summed E-state index contributed by atoms with van der Waals surface area (Å²) in [6, 6.07) is -0.589. The van der Waals surface area contributed by atoms with E-state index in [1.54, 1.807) is 0 Å². The van der Waals surface area contributed by atoms with Crippen LogP contribution in [-0.2, 0) is 19.6 Å². The fraction of sp³-hybridized carbons (Fsp3) is 0.900. The molecule has 2 rings (SSSR count). The van der Waals surface area contributed by atoms with Gasteiger partial charge in [0.1, 0.15) is 6.04 Å². The average Bonchev–Trinajstić information content (AvgIpc) is 2.88. The Balaban J connectivity index is 2.08. The number of rotatable bonds is 4. The second kappa shape index (κ2) is 4.33. The van der Waals surface area contributed by atoms with E-state index in [1.807, 2.05) is 0 Å². The summed E-state index contributed by atoms with van der Waals surface area (Å²) in [7, 11) is -1.97. The van der Waals surface area contributed by atoms with E-state index in [0.29, 0.717) is 18.9 Å². The van der Waals surface area contributed by atoms with Gasteiger partial charge in [-0.15, -0.1) is 0 Å². The molecule has 92 valence electrons. The zero-order chi connectivity index (χ0) is 11.8. The summed E-state index contributed by atoms with van der Waals surface area (Å²) in [5.74, 6) is 0.0706. The first-order valence-corrected chi connectivity index (χ1v) is 7.23. The molecule has 0 N–H and O–H groups in total. The highest BCUT2D eigenvalue weighted by atomic mass is 32.2. The lowest BCUT2D eigenvalue weighted by Crippen LogP contribution is -2.42. The molecule has 0 aromatic carbocycles. The van der Waals surface area contributed by atoms with Crippen molar-refractivity contribution in [1.29, 1.82) is 0 Å². The molecule has 0 bridgehead atoms. The van der Waals surface area contributed by atoms with Crippen LogP contribution in [0.4, 0.5) is 0 Å².